The maximum absolute atomic E-state index is 11.8. The van der Waals surface area contributed by atoms with Gasteiger partial charge in [0.25, 0.3) is 0 Å². The highest BCUT2D eigenvalue weighted by atomic mass is 35.5. The van der Waals surface area contributed by atoms with Crippen LogP contribution in [-0.2, 0) is 11.8 Å². The van der Waals surface area contributed by atoms with Gasteiger partial charge in [-0.3, -0.25) is 9.48 Å². The van der Waals surface area contributed by atoms with Crippen LogP contribution in [0.3, 0.4) is 0 Å². The zero-order valence-corrected chi connectivity index (χ0v) is 10.8. The highest BCUT2D eigenvalue weighted by molar-refractivity contribution is 5.85. The van der Waals surface area contributed by atoms with Gasteiger partial charge >= 0.3 is 0 Å². The van der Waals surface area contributed by atoms with Crippen molar-refractivity contribution in [3.05, 3.63) is 18.0 Å². The summed E-state index contributed by atoms with van der Waals surface area (Å²) in [5.41, 5.74) is 0.873. The lowest BCUT2D eigenvalue weighted by atomic mass is 10.1. The second kappa shape index (κ2) is 6.50. The minimum Gasteiger partial charge on any atom is -0.352 e. The van der Waals surface area contributed by atoms with Crippen LogP contribution in [-0.4, -0.2) is 28.8 Å². The van der Waals surface area contributed by atoms with Crippen LogP contribution < -0.4 is 10.6 Å². The zero-order chi connectivity index (χ0) is 11.4. The largest absolute Gasteiger partial charge is 0.352 e. The van der Waals surface area contributed by atoms with Gasteiger partial charge < -0.3 is 10.6 Å². The van der Waals surface area contributed by atoms with Crippen LogP contribution in [0.15, 0.2) is 12.4 Å². The van der Waals surface area contributed by atoms with E-state index in [4.69, 9.17) is 0 Å². The molecule has 0 radical (unpaired) electrons. The number of carbonyl (C=O) groups excluding carboxylic acids is 1. The lowest BCUT2D eigenvalue weighted by Crippen LogP contribution is -2.39. The van der Waals surface area contributed by atoms with Crippen molar-refractivity contribution in [1.82, 2.24) is 20.4 Å². The standard InChI is InChI=1S/C10H18N4O.ClH/c1-7(2)13-10(15)9(11-3)8-5-12-14(4)6-8;/h5-7,9,11H,1-4H3,(H,13,15);1H. The van der Waals surface area contributed by atoms with Crippen LogP contribution in [0.2, 0.25) is 0 Å². The first-order valence-electron chi connectivity index (χ1n) is 5.00. The molecule has 0 bridgehead atoms. The zero-order valence-electron chi connectivity index (χ0n) is 10.0. The van der Waals surface area contributed by atoms with Crippen molar-refractivity contribution >= 4 is 18.3 Å². The average Bonchev–Trinajstić information content (AvgIpc) is 2.51. The highest BCUT2D eigenvalue weighted by Gasteiger charge is 2.20. The molecule has 1 atom stereocenters. The first-order valence-corrected chi connectivity index (χ1v) is 5.00. The van der Waals surface area contributed by atoms with Crippen LogP contribution in [0.1, 0.15) is 25.5 Å². The van der Waals surface area contributed by atoms with Gasteiger partial charge in [-0.15, -0.1) is 12.4 Å². The van der Waals surface area contributed by atoms with Crippen LogP contribution >= 0.6 is 12.4 Å². The third kappa shape index (κ3) is 3.83. The molecule has 0 aromatic carbocycles. The number of amides is 1. The Morgan fingerprint density at radius 3 is 2.50 bits per heavy atom. The predicted molar refractivity (Wildman–Crippen MR) is 65.5 cm³/mol. The molecule has 92 valence electrons. The summed E-state index contributed by atoms with van der Waals surface area (Å²) in [4.78, 5) is 11.8. The Labute approximate surface area is 102 Å². The predicted octanol–water partition coefficient (Wildman–Crippen LogP) is 0.627. The van der Waals surface area contributed by atoms with Gasteiger partial charge in [0.1, 0.15) is 6.04 Å². The second-order valence-corrected chi connectivity index (χ2v) is 3.83. The van der Waals surface area contributed by atoms with E-state index in [1.807, 2.05) is 27.1 Å². The van der Waals surface area contributed by atoms with Crippen LogP contribution in [0.5, 0.6) is 0 Å². The van der Waals surface area contributed by atoms with Gasteiger partial charge in [0.05, 0.1) is 6.20 Å². The SMILES string of the molecule is CNC(C(=O)NC(C)C)c1cnn(C)c1.Cl. The number of carbonyl (C=O) groups is 1. The smallest absolute Gasteiger partial charge is 0.242 e. The van der Waals surface area contributed by atoms with Gasteiger partial charge in [0, 0.05) is 24.8 Å². The number of hydrogen-bond donors (Lipinski definition) is 2. The fraction of sp³-hybridized carbons (Fsp3) is 0.600. The van der Waals surface area contributed by atoms with Crippen LogP contribution in [0.25, 0.3) is 0 Å². The lowest BCUT2D eigenvalue weighted by molar-refractivity contribution is -0.123. The summed E-state index contributed by atoms with van der Waals surface area (Å²) >= 11 is 0. The lowest BCUT2D eigenvalue weighted by Gasteiger charge is -2.16. The van der Waals surface area contributed by atoms with Crippen LogP contribution in [0, 0.1) is 0 Å². The van der Waals surface area contributed by atoms with E-state index in [1.54, 1.807) is 17.9 Å². The average molecular weight is 247 g/mol. The Balaban J connectivity index is 0.00000225. The highest BCUT2D eigenvalue weighted by Crippen LogP contribution is 2.11. The second-order valence-electron chi connectivity index (χ2n) is 3.83. The Morgan fingerprint density at radius 2 is 2.12 bits per heavy atom. The van der Waals surface area contributed by atoms with E-state index >= 15 is 0 Å². The van der Waals surface area contributed by atoms with E-state index in [0.29, 0.717) is 0 Å². The van der Waals surface area contributed by atoms with Gasteiger partial charge in [-0.05, 0) is 20.9 Å². The number of halogens is 1. The molecule has 0 spiro atoms. The summed E-state index contributed by atoms with van der Waals surface area (Å²) in [6.45, 7) is 3.88. The van der Waals surface area contributed by atoms with Crippen molar-refractivity contribution in [2.24, 2.45) is 7.05 Å². The van der Waals surface area contributed by atoms with Crippen molar-refractivity contribution in [2.45, 2.75) is 25.9 Å². The third-order valence-corrected chi connectivity index (χ3v) is 2.04. The van der Waals surface area contributed by atoms with Crippen molar-refractivity contribution in [2.75, 3.05) is 7.05 Å². The van der Waals surface area contributed by atoms with E-state index < -0.39 is 0 Å². The summed E-state index contributed by atoms with van der Waals surface area (Å²) in [5, 5.41) is 9.88. The maximum Gasteiger partial charge on any atom is 0.242 e. The molecule has 1 aromatic rings. The Morgan fingerprint density at radius 1 is 1.50 bits per heavy atom. The first kappa shape index (κ1) is 14.9. The van der Waals surface area contributed by atoms with E-state index in [0.717, 1.165) is 5.56 Å². The maximum atomic E-state index is 11.8. The molecule has 1 unspecified atom stereocenters. The first-order chi connectivity index (χ1) is 7.04. The Bertz CT molecular complexity index is 337. The van der Waals surface area contributed by atoms with Gasteiger partial charge in [-0.25, -0.2) is 0 Å². The molecule has 5 nitrogen and oxygen atoms in total. The third-order valence-electron chi connectivity index (χ3n) is 2.04. The molecule has 0 saturated heterocycles. The molecular weight excluding hydrogens is 228 g/mol. The van der Waals surface area contributed by atoms with Gasteiger partial charge in [-0.1, -0.05) is 0 Å². The topological polar surface area (TPSA) is 59.0 Å². The number of nitrogens with one attached hydrogen (secondary N) is 2. The molecule has 0 aliphatic rings. The summed E-state index contributed by atoms with van der Waals surface area (Å²) in [5.74, 6) is -0.0273. The van der Waals surface area contributed by atoms with E-state index in [1.165, 1.54) is 0 Å². The van der Waals surface area contributed by atoms with Gasteiger partial charge in [0.2, 0.25) is 5.91 Å². The van der Waals surface area contributed by atoms with Gasteiger partial charge in [0.15, 0.2) is 0 Å². The summed E-state index contributed by atoms with van der Waals surface area (Å²) in [6, 6.07) is -0.189. The molecule has 0 aliphatic carbocycles. The molecule has 1 amide bonds. The molecule has 2 N–H and O–H groups in total. The molecule has 1 aromatic heterocycles. The molecule has 6 heteroatoms. The number of rotatable bonds is 4. The number of hydrogen-bond acceptors (Lipinski definition) is 3. The minimum absolute atomic E-state index is 0. The number of aryl methyl sites for hydroxylation is 1. The summed E-state index contributed by atoms with van der Waals surface area (Å²) in [7, 11) is 3.59. The quantitative estimate of drug-likeness (QED) is 0.819. The molecule has 1 rings (SSSR count). The van der Waals surface area contributed by atoms with Crippen molar-refractivity contribution in [3.8, 4) is 0 Å². The number of nitrogens with zero attached hydrogens (tertiary/aromatic N) is 2. The molecule has 0 saturated carbocycles. The molecular formula is C10H19ClN4O. The van der Waals surface area contributed by atoms with Gasteiger partial charge in [-0.2, -0.15) is 5.10 Å². The normalized spacial score (nSPS) is 12.1. The summed E-state index contributed by atoms with van der Waals surface area (Å²) < 4.78 is 1.68. The Kier molecular flexibility index (Phi) is 6.06. The van der Waals surface area contributed by atoms with E-state index in [-0.39, 0.29) is 30.4 Å². The number of aromatic nitrogens is 2. The minimum atomic E-state index is -0.332. The fourth-order valence-corrected chi connectivity index (χ4v) is 1.41. The molecule has 0 fully saturated rings. The van der Waals surface area contributed by atoms with E-state index in [2.05, 4.69) is 15.7 Å². The molecule has 1 heterocycles. The Hall–Kier alpha value is -1.07. The van der Waals surface area contributed by atoms with Crippen molar-refractivity contribution < 1.29 is 4.79 Å². The molecule has 0 aliphatic heterocycles. The summed E-state index contributed by atoms with van der Waals surface area (Å²) in [6.07, 6.45) is 3.53. The monoisotopic (exact) mass is 246 g/mol. The van der Waals surface area contributed by atoms with E-state index in [9.17, 15) is 4.79 Å². The van der Waals surface area contributed by atoms with Crippen LogP contribution in [0.4, 0.5) is 0 Å². The van der Waals surface area contributed by atoms with Crippen molar-refractivity contribution in [3.63, 3.8) is 0 Å². The fourth-order valence-electron chi connectivity index (χ4n) is 1.41. The molecule has 16 heavy (non-hydrogen) atoms. The van der Waals surface area contributed by atoms with Crippen molar-refractivity contribution in [1.29, 1.82) is 0 Å². The number of likely N-dealkylation sites (N-methyl/N-ethyl adjacent to an activating group) is 1.